The summed E-state index contributed by atoms with van der Waals surface area (Å²) in [7, 11) is 0. The summed E-state index contributed by atoms with van der Waals surface area (Å²) in [6, 6.07) is 0. The third-order valence-electron chi connectivity index (χ3n) is 0. The molecule has 0 aromatic carbocycles. The molecule has 0 heterocycles. The van der Waals surface area contributed by atoms with Crippen LogP contribution in [-0.4, -0.2) is 23.4 Å². The first kappa shape index (κ1) is 29.2. The maximum Gasteiger partial charge on any atom is 3.00 e. The van der Waals surface area contributed by atoms with E-state index >= 15 is 0 Å². The van der Waals surface area contributed by atoms with Crippen molar-refractivity contribution >= 4 is 17.9 Å². The Morgan fingerprint density at radius 2 is 0.714 bits per heavy atom. The molecule has 0 aromatic heterocycles. The molecule has 0 rings (SSSR count). The normalized spacial score (nSPS) is 5.36. The Labute approximate surface area is 106 Å². The van der Waals surface area contributed by atoms with Crippen molar-refractivity contribution in [2.75, 3.05) is 0 Å². The largest absolute Gasteiger partial charge is 3.00 e. The van der Waals surface area contributed by atoms with Crippen LogP contribution in [0.15, 0.2) is 0 Å². The SMILES string of the molecule is CC(=O)[O-].CC(=O)[O-].CC(=O)[O-].O.[Y+3]. The minimum Gasteiger partial charge on any atom is -0.550 e. The summed E-state index contributed by atoms with van der Waals surface area (Å²) in [5.74, 6) is -3.25. The van der Waals surface area contributed by atoms with Crippen molar-refractivity contribution < 1.29 is 67.9 Å². The van der Waals surface area contributed by atoms with Crippen LogP contribution in [0.2, 0.25) is 0 Å². The number of carboxylic acid groups (broad SMARTS) is 3. The van der Waals surface area contributed by atoms with Crippen molar-refractivity contribution in [3.05, 3.63) is 0 Å². The molecule has 0 radical (unpaired) electrons. The first-order chi connectivity index (χ1) is 5.20. The van der Waals surface area contributed by atoms with Crippen LogP contribution in [0.5, 0.6) is 0 Å². The maximum atomic E-state index is 8.89. The first-order valence-corrected chi connectivity index (χ1v) is 2.72. The van der Waals surface area contributed by atoms with Crippen LogP contribution in [0.3, 0.4) is 0 Å². The Hall–Kier alpha value is -0.526. The fourth-order valence-electron chi connectivity index (χ4n) is 0. The summed E-state index contributed by atoms with van der Waals surface area (Å²) < 4.78 is 0. The van der Waals surface area contributed by atoms with Gasteiger partial charge in [0.2, 0.25) is 0 Å². The van der Waals surface area contributed by atoms with E-state index in [2.05, 4.69) is 0 Å². The second-order valence-electron chi connectivity index (χ2n) is 1.47. The van der Waals surface area contributed by atoms with Crippen LogP contribution in [0, 0.1) is 0 Å². The third-order valence-corrected chi connectivity index (χ3v) is 0. The molecule has 80 valence electrons. The van der Waals surface area contributed by atoms with E-state index in [1.54, 1.807) is 0 Å². The molecule has 0 aliphatic rings. The van der Waals surface area contributed by atoms with Crippen molar-refractivity contribution in [1.29, 1.82) is 0 Å². The average molecular weight is 284 g/mol. The van der Waals surface area contributed by atoms with E-state index in [1.165, 1.54) is 0 Å². The zero-order valence-corrected chi connectivity index (χ0v) is 10.9. The number of carbonyl (C=O) groups is 3. The standard InChI is InChI=1S/3C2H4O2.H2O.Y/c3*1-2(3)4;;/h3*1H3,(H,3,4);1H2;/q;;;;+3/p-3. The molecule has 0 atom stereocenters. The Balaban J connectivity index is -0.0000000270. The van der Waals surface area contributed by atoms with Crippen molar-refractivity contribution in [2.45, 2.75) is 20.8 Å². The van der Waals surface area contributed by atoms with Gasteiger partial charge in [0.1, 0.15) is 0 Å². The van der Waals surface area contributed by atoms with Gasteiger partial charge in [-0.25, -0.2) is 0 Å². The summed E-state index contributed by atoms with van der Waals surface area (Å²) in [6.45, 7) is 2.92. The van der Waals surface area contributed by atoms with Gasteiger partial charge in [0.15, 0.2) is 0 Å². The number of carbonyl (C=O) groups excluding carboxylic acids is 3. The zero-order valence-electron chi connectivity index (χ0n) is 8.03. The second kappa shape index (κ2) is 22.9. The number of rotatable bonds is 0. The second-order valence-corrected chi connectivity index (χ2v) is 1.47. The van der Waals surface area contributed by atoms with Gasteiger partial charge in [0, 0.05) is 17.9 Å². The van der Waals surface area contributed by atoms with E-state index < -0.39 is 17.9 Å². The molecule has 0 amide bonds. The van der Waals surface area contributed by atoms with Gasteiger partial charge in [-0.3, -0.25) is 0 Å². The van der Waals surface area contributed by atoms with E-state index in [1.807, 2.05) is 0 Å². The molecule has 0 aliphatic heterocycles. The van der Waals surface area contributed by atoms with Crippen LogP contribution in [0.25, 0.3) is 0 Å². The summed E-state index contributed by atoms with van der Waals surface area (Å²) in [5, 5.41) is 26.7. The smallest absolute Gasteiger partial charge is 0.550 e. The minimum atomic E-state index is -1.08. The van der Waals surface area contributed by atoms with Crippen molar-refractivity contribution in [3.63, 3.8) is 0 Å². The summed E-state index contributed by atoms with van der Waals surface area (Å²) in [5.41, 5.74) is 0. The molecule has 0 fully saturated rings. The van der Waals surface area contributed by atoms with E-state index in [0.29, 0.717) is 0 Å². The molecule has 14 heavy (non-hydrogen) atoms. The van der Waals surface area contributed by atoms with Crippen LogP contribution < -0.4 is 15.3 Å². The van der Waals surface area contributed by atoms with Crippen molar-refractivity contribution in [1.82, 2.24) is 0 Å². The first-order valence-electron chi connectivity index (χ1n) is 2.72. The number of aliphatic carboxylic acids is 3. The van der Waals surface area contributed by atoms with Gasteiger partial charge in [-0.15, -0.1) is 0 Å². The fourth-order valence-corrected chi connectivity index (χ4v) is 0. The van der Waals surface area contributed by atoms with E-state index in [4.69, 9.17) is 29.7 Å². The van der Waals surface area contributed by atoms with Gasteiger partial charge in [-0.2, -0.15) is 0 Å². The molecule has 0 unspecified atom stereocenters. The number of carboxylic acids is 3. The van der Waals surface area contributed by atoms with E-state index in [9.17, 15) is 0 Å². The van der Waals surface area contributed by atoms with Crippen LogP contribution in [0.4, 0.5) is 0 Å². The molecule has 8 heteroatoms. The Kier molecular flexibility index (Phi) is 47.7. The molecule has 0 aliphatic carbocycles. The molecular weight excluding hydrogens is 273 g/mol. The number of hydrogen-bond donors (Lipinski definition) is 0. The predicted molar refractivity (Wildman–Crippen MR) is 35.7 cm³/mol. The third kappa shape index (κ3) is 4550. The Morgan fingerprint density at radius 3 is 0.714 bits per heavy atom. The van der Waals surface area contributed by atoms with Crippen molar-refractivity contribution in [2.24, 2.45) is 0 Å². The summed E-state index contributed by atoms with van der Waals surface area (Å²) >= 11 is 0. The molecule has 0 aromatic rings. The monoisotopic (exact) mass is 284 g/mol. The van der Waals surface area contributed by atoms with Gasteiger partial charge in [0.25, 0.3) is 0 Å². The maximum absolute atomic E-state index is 8.89. The number of hydrogen-bond acceptors (Lipinski definition) is 6. The molecule has 0 saturated heterocycles. The van der Waals surface area contributed by atoms with Crippen molar-refractivity contribution in [3.8, 4) is 0 Å². The zero-order chi connectivity index (χ0) is 10.7. The molecule has 2 N–H and O–H groups in total. The van der Waals surface area contributed by atoms with E-state index in [0.717, 1.165) is 20.8 Å². The summed E-state index contributed by atoms with van der Waals surface area (Å²) in [4.78, 5) is 26.7. The van der Waals surface area contributed by atoms with Gasteiger partial charge in [-0.1, -0.05) is 0 Å². The van der Waals surface area contributed by atoms with Gasteiger partial charge in [0.05, 0.1) is 0 Å². The molecular formula is C6H11O7Y. The minimum absolute atomic E-state index is 0. The fraction of sp³-hybridized carbons (Fsp3) is 0.500. The average Bonchev–Trinajstić information content (AvgIpc) is 1.54. The topological polar surface area (TPSA) is 152 Å². The summed E-state index contributed by atoms with van der Waals surface area (Å²) in [6.07, 6.45) is 0. The predicted octanol–water partition coefficient (Wildman–Crippen LogP) is -4.56. The molecule has 7 nitrogen and oxygen atoms in total. The van der Waals surface area contributed by atoms with Crippen LogP contribution in [-0.2, 0) is 47.1 Å². The Morgan fingerprint density at radius 1 is 0.714 bits per heavy atom. The van der Waals surface area contributed by atoms with Gasteiger partial charge in [-0.05, 0) is 20.8 Å². The van der Waals surface area contributed by atoms with Gasteiger partial charge < -0.3 is 35.2 Å². The van der Waals surface area contributed by atoms with Gasteiger partial charge >= 0.3 is 32.7 Å². The van der Waals surface area contributed by atoms with Crippen LogP contribution >= 0.6 is 0 Å². The molecule has 0 spiro atoms. The van der Waals surface area contributed by atoms with Crippen LogP contribution in [0.1, 0.15) is 20.8 Å². The Bertz CT molecular complexity index is 116. The quantitative estimate of drug-likeness (QED) is 0.436. The molecule has 0 bridgehead atoms. The molecule has 0 saturated carbocycles. The van der Waals surface area contributed by atoms with E-state index in [-0.39, 0.29) is 38.2 Å².